The molecule has 0 saturated heterocycles. The fourth-order valence-electron chi connectivity index (χ4n) is 1.46. The summed E-state index contributed by atoms with van der Waals surface area (Å²) in [6.07, 6.45) is 0.909. The minimum absolute atomic E-state index is 0.0765. The molecule has 2 aromatic rings. The molecule has 0 saturated carbocycles. The lowest BCUT2D eigenvalue weighted by Crippen LogP contribution is -2.13. The van der Waals surface area contributed by atoms with Crippen molar-refractivity contribution in [3.63, 3.8) is 0 Å². The second-order valence-corrected chi connectivity index (χ2v) is 4.65. The van der Waals surface area contributed by atoms with Crippen molar-refractivity contribution in [2.45, 2.75) is 26.3 Å². The molecule has 0 bridgehead atoms. The Morgan fingerprint density at radius 2 is 2.29 bits per heavy atom. The minimum Gasteiger partial charge on any atom is -0.438 e. The van der Waals surface area contributed by atoms with Gasteiger partial charge in [0, 0.05) is 10.8 Å². The van der Waals surface area contributed by atoms with E-state index in [0.717, 1.165) is 17.5 Å². The fraction of sp³-hybridized carbons (Fsp3) is 0.500. The summed E-state index contributed by atoms with van der Waals surface area (Å²) < 4.78 is 5.54. The number of hydrogen-bond acceptors (Lipinski definition) is 4. The van der Waals surface area contributed by atoms with E-state index in [0.29, 0.717) is 11.8 Å². The monoisotopic (exact) mass is 210 g/mol. The first-order valence-electron chi connectivity index (χ1n) is 4.75. The topological polar surface area (TPSA) is 52.0 Å². The van der Waals surface area contributed by atoms with Crippen LogP contribution in [0.1, 0.15) is 32.2 Å². The fourth-order valence-corrected chi connectivity index (χ4v) is 2.12. The molecule has 1 atom stereocenters. The second kappa shape index (κ2) is 3.71. The highest BCUT2D eigenvalue weighted by Gasteiger charge is 2.15. The van der Waals surface area contributed by atoms with Crippen molar-refractivity contribution in [2.24, 2.45) is 11.7 Å². The van der Waals surface area contributed by atoms with Crippen LogP contribution in [0, 0.1) is 5.92 Å². The van der Waals surface area contributed by atoms with E-state index in [1.165, 1.54) is 0 Å². The maximum Gasteiger partial charge on any atom is 0.212 e. The van der Waals surface area contributed by atoms with Crippen LogP contribution < -0.4 is 5.73 Å². The highest BCUT2D eigenvalue weighted by Crippen LogP contribution is 2.25. The molecule has 0 unspecified atom stereocenters. The molecule has 14 heavy (non-hydrogen) atoms. The molecule has 2 N–H and O–H groups in total. The van der Waals surface area contributed by atoms with Gasteiger partial charge in [-0.3, -0.25) is 0 Å². The Kier molecular flexibility index (Phi) is 2.56. The summed E-state index contributed by atoms with van der Waals surface area (Å²) in [6, 6.07) is -0.0765. The lowest BCUT2D eigenvalue weighted by Gasteiger charge is -2.09. The third-order valence-corrected chi connectivity index (χ3v) is 2.80. The van der Waals surface area contributed by atoms with E-state index in [1.807, 2.05) is 10.8 Å². The molecule has 0 aliphatic rings. The number of thiophene rings is 1. The standard InChI is InChI=1S/C10H14N2OS/c1-6(2)3-7(11)10-12-8-4-14-5-9(8)13-10/h4-7H,3,11H2,1-2H3/t7-/m1/s1. The van der Waals surface area contributed by atoms with Gasteiger partial charge in [-0.05, 0) is 12.3 Å². The molecule has 0 radical (unpaired) electrons. The van der Waals surface area contributed by atoms with Crippen LogP contribution in [-0.4, -0.2) is 4.98 Å². The maximum atomic E-state index is 5.97. The molecule has 2 heterocycles. The summed E-state index contributed by atoms with van der Waals surface area (Å²) in [5.74, 6) is 1.23. The van der Waals surface area contributed by atoms with Crippen LogP contribution in [0.25, 0.3) is 11.1 Å². The van der Waals surface area contributed by atoms with E-state index in [9.17, 15) is 0 Å². The number of hydrogen-bond donors (Lipinski definition) is 1. The first kappa shape index (κ1) is 9.68. The molecule has 4 heteroatoms. The average Bonchev–Trinajstić information content (AvgIpc) is 2.58. The summed E-state index contributed by atoms with van der Waals surface area (Å²) in [6.45, 7) is 4.29. The third-order valence-electron chi connectivity index (χ3n) is 2.09. The van der Waals surface area contributed by atoms with Crippen LogP contribution in [0.5, 0.6) is 0 Å². The largest absolute Gasteiger partial charge is 0.438 e. The Bertz CT molecular complexity index is 390. The van der Waals surface area contributed by atoms with Crippen LogP contribution in [0.4, 0.5) is 0 Å². The number of oxazole rings is 1. The lowest BCUT2D eigenvalue weighted by molar-refractivity contribution is 0.417. The molecule has 2 aromatic heterocycles. The van der Waals surface area contributed by atoms with Crippen molar-refractivity contribution in [1.82, 2.24) is 4.98 Å². The Hall–Kier alpha value is -0.870. The predicted octanol–water partition coefficient (Wildman–Crippen LogP) is 2.94. The van der Waals surface area contributed by atoms with Crippen molar-refractivity contribution >= 4 is 22.4 Å². The zero-order valence-corrected chi connectivity index (χ0v) is 9.17. The second-order valence-electron chi connectivity index (χ2n) is 3.91. The van der Waals surface area contributed by atoms with Crippen LogP contribution in [-0.2, 0) is 0 Å². The van der Waals surface area contributed by atoms with Gasteiger partial charge >= 0.3 is 0 Å². The number of aromatic nitrogens is 1. The number of fused-ring (bicyclic) bond motifs is 1. The minimum atomic E-state index is -0.0765. The van der Waals surface area contributed by atoms with Gasteiger partial charge in [0.05, 0.1) is 6.04 Å². The van der Waals surface area contributed by atoms with E-state index in [4.69, 9.17) is 10.2 Å². The van der Waals surface area contributed by atoms with Gasteiger partial charge in [0.2, 0.25) is 5.89 Å². The predicted molar refractivity (Wildman–Crippen MR) is 58.3 cm³/mol. The first-order valence-corrected chi connectivity index (χ1v) is 5.69. The molecule has 76 valence electrons. The van der Waals surface area contributed by atoms with Gasteiger partial charge in [0.1, 0.15) is 5.52 Å². The van der Waals surface area contributed by atoms with Gasteiger partial charge in [-0.2, -0.15) is 0 Å². The third kappa shape index (κ3) is 1.81. The Balaban J connectivity index is 2.21. The van der Waals surface area contributed by atoms with Crippen molar-refractivity contribution in [3.8, 4) is 0 Å². The van der Waals surface area contributed by atoms with E-state index >= 15 is 0 Å². The maximum absolute atomic E-state index is 5.97. The van der Waals surface area contributed by atoms with Crippen molar-refractivity contribution < 1.29 is 4.42 Å². The lowest BCUT2D eigenvalue weighted by atomic mass is 10.0. The summed E-state index contributed by atoms with van der Waals surface area (Å²) in [5.41, 5.74) is 7.74. The van der Waals surface area contributed by atoms with Crippen LogP contribution in [0.2, 0.25) is 0 Å². The molecule has 0 fully saturated rings. The van der Waals surface area contributed by atoms with Crippen LogP contribution in [0.3, 0.4) is 0 Å². The van der Waals surface area contributed by atoms with Gasteiger partial charge in [-0.25, -0.2) is 4.98 Å². The van der Waals surface area contributed by atoms with Crippen molar-refractivity contribution in [2.75, 3.05) is 0 Å². The van der Waals surface area contributed by atoms with Crippen molar-refractivity contribution in [3.05, 3.63) is 16.7 Å². The normalized spacial score (nSPS) is 14.0. The summed E-state index contributed by atoms with van der Waals surface area (Å²) in [7, 11) is 0. The summed E-state index contributed by atoms with van der Waals surface area (Å²) in [4.78, 5) is 4.34. The van der Waals surface area contributed by atoms with Gasteiger partial charge in [-0.15, -0.1) is 11.3 Å². The molecule has 0 aliphatic carbocycles. The molecule has 0 spiro atoms. The Morgan fingerprint density at radius 1 is 1.50 bits per heavy atom. The van der Waals surface area contributed by atoms with Crippen LogP contribution >= 0.6 is 11.3 Å². The Morgan fingerprint density at radius 3 is 2.93 bits per heavy atom. The molecule has 0 aromatic carbocycles. The Labute approximate surface area is 86.9 Å². The summed E-state index contributed by atoms with van der Waals surface area (Å²) >= 11 is 1.60. The van der Waals surface area contributed by atoms with Gasteiger partial charge in [-0.1, -0.05) is 13.8 Å². The summed E-state index contributed by atoms with van der Waals surface area (Å²) in [5, 5.41) is 3.93. The molecule has 0 amide bonds. The molecular weight excluding hydrogens is 196 g/mol. The smallest absolute Gasteiger partial charge is 0.212 e. The van der Waals surface area contributed by atoms with E-state index < -0.39 is 0 Å². The number of nitrogens with two attached hydrogens (primary N) is 1. The highest BCUT2D eigenvalue weighted by molar-refractivity contribution is 7.09. The van der Waals surface area contributed by atoms with Gasteiger partial charge in [0.15, 0.2) is 5.58 Å². The quantitative estimate of drug-likeness (QED) is 0.847. The van der Waals surface area contributed by atoms with E-state index in [1.54, 1.807) is 11.3 Å². The SMILES string of the molecule is CC(C)C[C@@H](N)c1nc2cscc2o1. The van der Waals surface area contributed by atoms with Crippen molar-refractivity contribution in [1.29, 1.82) is 0 Å². The molecule has 2 rings (SSSR count). The highest BCUT2D eigenvalue weighted by atomic mass is 32.1. The van der Waals surface area contributed by atoms with Crippen LogP contribution in [0.15, 0.2) is 15.2 Å². The van der Waals surface area contributed by atoms with E-state index in [2.05, 4.69) is 18.8 Å². The average molecular weight is 210 g/mol. The van der Waals surface area contributed by atoms with Gasteiger partial charge in [0.25, 0.3) is 0 Å². The number of nitrogens with zero attached hydrogens (tertiary/aromatic N) is 1. The first-order chi connectivity index (χ1) is 6.66. The van der Waals surface area contributed by atoms with Gasteiger partial charge < -0.3 is 10.2 Å². The zero-order chi connectivity index (χ0) is 10.1. The molecule has 3 nitrogen and oxygen atoms in total. The molecule has 0 aliphatic heterocycles. The number of rotatable bonds is 3. The molecular formula is C10H14N2OS. The zero-order valence-electron chi connectivity index (χ0n) is 8.36. The van der Waals surface area contributed by atoms with E-state index in [-0.39, 0.29) is 6.04 Å².